The lowest BCUT2D eigenvalue weighted by atomic mass is 10.0. The summed E-state index contributed by atoms with van der Waals surface area (Å²) in [5, 5.41) is 22.8. The fraction of sp³-hybridized carbons (Fsp3) is 0.333. The Hall–Kier alpha value is -2.99. The number of carbonyl (C=O) groups is 2. The lowest BCUT2D eigenvalue weighted by Crippen LogP contribution is -2.60. The zero-order valence-corrected chi connectivity index (χ0v) is 18.0. The van der Waals surface area contributed by atoms with Crippen LogP contribution in [0.1, 0.15) is 17.5 Å². The molecule has 2 aliphatic rings. The number of fused-ring (bicyclic) bond motifs is 1. The molecule has 2 aromatic rings. The van der Waals surface area contributed by atoms with Crippen LogP contribution in [-0.4, -0.2) is 61.0 Å². The molecule has 2 heterocycles. The van der Waals surface area contributed by atoms with Crippen molar-refractivity contribution < 1.29 is 24.4 Å². The van der Waals surface area contributed by atoms with Crippen LogP contribution in [0.4, 0.5) is 5.69 Å². The Bertz CT molecular complexity index is 1050. The number of nitrogens with zero attached hydrogens (tertiary/aromatic N) is 2. The fourth-order valence-corrected chi connectivity index (χ4v) is 5.10. The van der Waals surface area contributed by atoms with Gasteiger partial charge in [-0.15, -0.1) is 4.31 Å². The van der Waals surface area contributed by atoms with E-state index in [2.05, 4.69) is 5.32 Å². The zero-order chi connectivity index (χ0) is 23.0. The maximum absolute atomic E-state index is 12.9. The van der Waals surface area contributed by atoms with Crippen LogP contribution in [0.3, 0.4) is 0 Å². The number of anilines is 1. The van der Waals surface area contributed by atoms with Gasteiger partial charge in [-0.3, -0.25) is 9.59 Å². The van der Waals surface area contributed by atoms with E-state index in [0.717, 1.165) is 16.8 Å². The Kier molecular flexibility index (Phi) is 6.15. The van der Waals surface area contributed by atoms with E-state index in [1.54, 1.807) is 9.21 Å². The van der Waals surface area contributed by atoms with Crippen LogP contribution in [0.5, 0.6) is 11.5 Å². The predicted molar refractivity (Wildman–Crippen MR) is 118 cm³/mol. The molecule has 2 aromatic carbocycles. The van der Waals surface area contributed by atoms with E-state index in [9.17, 15) is 24.4 Å². The quantitative estimate of drug-likeness (QED) is 0.359. The number of amides is 2. The summed E-state index contributed by atoms with van der Waals surface area (Å²) in [5.74, 6) is -1.18. The second kappa shape index (κ2) is 8.87. The maximum atomic E-state index is 12.9. The maximum Gasteiger partial charge on any atom is 0.240 e. The number of phenolic OH excluding ortho intramolecular Hbond substituents is 2. The first-order chi connectivity index (χ1) is 15.2. The van der Waals surface area contributed by atoms with E-state index in [1.807, 2.05) is 18.2 Å². The van der Waals surface area contributed by atoms with Crippen LogP contribution in [0.25, 0.3) is 0 Å². The van der Waals surface area contributed by atoms with E-state index in [-0.39, 0.29) is 34.8 Å². The van der Waals surface area contributed by atoms with Crippen molar-refractivity contribution in [1.82, 2.24) is 9.21 Å². The molecule has 1 unspecified atom stereocenters. The van der Waals surface area contributed by atoms with Crippen LogP contribution < -0.4 is 16.8 Å². The Morgan fingerprint density at radius 1 is 1.16 bits per heavy atom. The molecule has 32 heavy (non-hydrogen) atoms. The molecule has 4 rings (SSSR count). The number of benzene rings is 2. The minimum absolute atomic E-state index is 0.0679. The Morgan fingerprint density at radius 3 is 2.56 bits per heavy atom. The number of hydrogen-bond donors (Lipinski definition) is 5. The topological polar surface area (TPSA) is 168 Å². The Morgan fingerprint density at radius 2 is 1.88 bits per heavy atom. The monoisotopic (exact) mass is 459 g/mol. The molecule has 10 nitrogen and oxygen atoms in total. The number of nitrogens with two attached hydrogens (primary N) is 2. The highest BCUT2D eigenvalue weighted by Gasteiger charge is 2.35. The number of hydrogen-bond acceptors (Lipinski definition) is 8. The first-order valence-electron chi connectivity index (χ1n) is 10.1. The van der Waals surface area contributed by atoms with Crippen molar-refractivity contribution in [1.29, 1.82) is 0 Å². The molecule has 7 N–H and O–H groups in total. The molecular weight excluding hydrogens is 434 g/mol. The SMILES string of the molecule is NC(=O)C[C@H](N)C(=O)N1CC(Nc2ccc3c(c2)CN([S+]([O-])c2ccc(O)cc2O)C3)C1. The normalized spacial score (nSPS) is 18.0. The van der Waals surface area contributed by atoms with Crippen molar-refractivity contribution in [3.05, 3.63) is 47.5 Å². The average molecular weight is 460 g/mol. The number of primary amides is 1. The van der Waals surface area contributed by atoms with Gasteiger partial charge in [0.2, 0.25) is 16.7 Å². The molecule has 0 radical (unpaired) electrons. The van der Waals surface area contributed by atoms with Gasteiger partial charge in [-0.1, -0.05) is 6.07 Å². The standard InChI is InChI=1S/C21H25N5O5S/c22-17(7-20(23)29)21(30)25-10-15(11-25)24-14-2-1-12-8-26(9-13(12)5-14)32(31)19-4-3-16(27)6-18(19)28/h1-6,15,17,24,27-28H,7-11,22H2,(H2,23,29)/t17-,32?/m0/s1. The highest BCUT2D eigenvalue weighted by Crippen LogP contribution is 2.34. The van der Waals surface area contributed by atoms with Crippen LogP contribution >= 0.6 is 0 Å². The molecule has 11 heteroatoms. The minimum Gasteiger partial charge on any atom is -0.593 e. The second-order valence-electron chi connectivity index (χ2n) is 8.04. The molecule has 0 saturated carbocycles. The van der Waals surface area contributed by atoms with E-state index in [0.29, 0.717) is 26.2 Å². The highest BCUT2D eigenvalue weighted by molar-refractivity contribution is 7.89. The van der Waals surface area contributed by atoms with Crippen LogP contribution in [0, 0.1) is 0 Å². The summed E-state index contributed by atoms with van der Waals surface area (Å²) in [5.41, 5.74) is 13.8. The van der Waals surface area contributed by atoms with Gasteiger partial charge in [0.1, 0.15) is 5.75 Å². The van der Waals surface area contributed by atoms with Crippen LogP contribution in [0.15, 0.2) is 41.3 Å². The number of nitrogens with one attached hydrogen (secondary N) is 1. The van der Waals surface area contributed by atoms with E-state index >= 15 is 0 Å². The molecule has 1 saturated heterocycles. The van der Waals surface area contributed by atoms with Gasteiger partial charge in [-0.25, -0.2) is 0 Å². The molecular formula is C21H25N5O5S. The predicted octanol–water partition coefficient (Wildman–Crippen LogP) is -0.0384. The summed E-state index contributed by atoms with van der Waals surface area (Å²) < 4.78 is 14.6. The van der Waals surface area contributed by atoms with Gasteiger partial charge >= 0.3 is 0 Å². The molecule has 0 spiro atoms. The Balaban J connectivity index is 1.33. The number of carbonyl (C=O) groups excluding carboxylic acids is 2. The van der Waals surface area contributed by atoms with Crippen molar-refractivity contribution in [2.45, 2.75) is 36.5 Å². The molecule has 1 fully saturated rings. The molecule has 0 aliphatic carbocycles. The Labute approximate surface area is 188 Å². The summed E-state index contributed by atoms with van der Waals surface area (Å²) in [6, 6.07) is 9.08. The van der Waals surface area contributed by atoms with Crippen molar-refractivity contribution in [3.8, 4) is 11.5 Å². The van der Waals surface area contributed by atoms with Gasteiger partial charge in [0.15, 0.2) is 5.75 Å². The summed E-state index contributed by atoms with van der Waals surface area (Å²) in [7, 11) is 0. The third kappa shape index (κ3) is 4.60. The highest BCUT2D eigenvalue weighted by atomic mass is 32.2. The first-order valence-corrected chi connectivity index (χ1v) is 11.2. The average Bonchev–Trinajstić information content (AvgIpc) is 3.12. The molecule has 2 atom stereocenters. The van der Waals surface area contributed by atoms with Crippen molar-refractivity contribution in [3.63, 3.8) is 0 Å². The van der Waals surface area contributed by atoms with Gasteiger partial charge in [0.25, 0.3) is 0 Å². The largest absolute Gasteiger partial charge is 0.593 e. The number of rotatable bonds is 7. The van der Waals surface area contributed by atoms with Gasteiger partial charge in [-0.2, -0.15) is 0 Å². The number of aromatic hydroxyl groups is 2. The smallest absolute Gasteiger partial charge is 0.240 e. The van der Waals surface area contributed by atoms with E-state index < -0.39 is 23.3 Å². The van der Waals surface area contributed by atoms with E-state index in [1.165, 1.54) is 18.2 Å². The van der Waals surface area contributed by atoms with Gasteiger partial charge in [0.05, 0.1) is 43.0 Å². The molecule has 2 amide bonds. The lowest BCUT2D eigenvalue weighted by Gasteiger charge is -2.41. The molecule has 2 aliphatic heterocycles. The van der Waals surface area contributed by atoms with Crippen LogP contribution in [0.2, 0.25) is 0 Å². The van der Waals surface area contributed by atoms with Gasteiger partial charge in [-0.05, 0) is 29.3 Å². The fourth-order valence-electron chi connectivity index (χ4n) is 3.89. The van der Waals surface area contributed by atoms with Gasteiger partial charge in [0, 0.05) is 30.9 Å². The third-order valence-electron chi connectivity index (χ3n) is 5.57. The number of phenols is 2. The van der Waals surface area contributed by atoms with Gasteiger partial charge < -0.3 is 36.4 Å². The molecule has 0 aromatic heterocycles. The summed E-state index contributed by atoms with van der Waals surface area (Å²) in [6.07, 6.45) is -0.169. The second-order valence-corrected chi connectivity index (χ2v) is 9.50. The van der Waals surface area contributed by atoms with Crippen molar-refractivity contribution in [2.75, 3.05) is 18.4 Å². The molecule has 0 bridgehead atoms. The number of likely N-dealkylation sites (tertiary alicyclic amines) is 1. The van der Waals surface area contributed by atoms with Crippen molar-refractivity contribution in [2.24, 2.45) is 11.5 Å². The summed E-state index contributed by atoms with van der Waals surface area (Å²) in [4.78, 5) is 24.9. The summed E-state index contributed by atoms with van der Waals surface area (Å²) >= 11 is -1.57. The third-order valence-corrected chi connectivity index (χ3v) is 7.02. The van der Waals surface area contributed by atoms with E-state index in [4.69, 9.17) is 11.5 Å². The zero-order valence-electron chi connectivity index (χ0n) is 17.2. The first kappa shape index (κ1) is 22.2. The minimum atomic E-state index is -1.57. The van der Waals surface area contributed by atoms with Crippen molar-refractivity contribution >= 4 is 28.9 Å². The molecule has 170 valence electrons. The van der Waals surface area contributed by atoms with Crippen LogP contribution in [-0.2, 0) is 34.0 Å². The lowest BCUT2D eigenvalue weighted by molar-refractivity contribution is -0.138. The summed E-state index contributed by atoms with van der Waals surface area (Å²) in [6.45, 7) is 1.90.